The molecule has 65 heavy (non-hydrogen) atoms. The van der Waals surface area contributed by atoms with E-state index in [1.54, 1.807) is 0 Å². The highest BCUT2D eigenvalue weighted by atomic mass is 16.6. The van der Waals surface area contributed by atoms with E-state index in [4.69, 9.17) is 14.2 Å². The van der Waals surface area contributed by atoms with E-state index in [2.05, 4.69) is 69.4 Å². The molecule has 0 N–H and O–H groups in total. The van der Waals surface area contributed by atoms with Gasteiger partial charge in [0.15, 0.2) is 6.10 Å². The Bertz CT molecular complexity index is 1140. The maximum absolute atomic E-state index is 12.8. The van der Waals surface area contributed by atoms with Crippen molar-refractivity contribution in [1.82, 2.24) is 0 Å². The highest BCUT2D eigenvalue weighted by Gasteiger charge is 2.19. The molecule has 0 aliphatic heterocycles. The minimum Gasteiger partial charge on any atom is -0.462 e. The van der Waals surface area contributed by atoms with Crippen LogP contribution < -0.4 is 0 Å². The molecule has 6 heteroatoms. The molecular weight excluding hydrogens is 805 g/mol. The molecule has 0 rings (SSSR count). The number of rotatable bonds is 51. The first-order chi connectivity index (χ1) is 32.0. The molecule has 1 atom stereocenters. The molecule has 0 aliphatic rings. The van der Waals surface area contributed by atoms with Crippen LogP contribution in [0.2, 0.25) is 0 Å². The molecular formula is C59H106O6. The summed E-state index contributed by atoms with van der Waals surface area (Å²) in [5, 5.41) is 0. The molecule has 0 fully saturated rings. The zero-order valence-corrected chi connectivity index (χ0v) is 43.3. The molecule has 0 heterocycles. The average Bonchev–Trinajstić information content (AvgIpc) is 3.30. The quantitative estimate of drug-likeness (QED) is 0.0262. The maximum Gasteiger partial charge on any atom is 0.306 e. The van der Waals surface area contributed by atoms with Crippen molar-refractivity contribution < 1.29 is 28.6 Å². The van der Waals surface area contributed by atoms with Gasteiger partial charge in [-0.15, -0.1) is 0 Å². The minimum atomic E-state index is -0.778. The zero-order valence-electron chi connectivity index (χ0n) is 43.3. The second-order valence-electron chi connectivity index (χ2n) is 18.8. The van der Waals surface area contributed by atoms with Crippen LogP contribution in [-0.2, 0) is 28.6 Å². The Hall–Kier alpha value is -2.63. The molecule has 0 aromatic rings. The summed E-state index contributed by atoms with van der Waals surface area (Å²) in [7, 11) is 0. The summed E-state index contributed by atoms with van der Waals surface area (Å²) in [6, 6.07) is 0. The number of carbonyl (C=O) groups excluding carboxylic acids is 3. The summed E-state index contributed by atoms with van der Waals surface area (Å²) in [5.41, 5.74) is 0. The van der Waals surface area contributed by atoms with Crippen molar-refractivity contribution in [1.29, 1.82) is 0 Å². The lowest BCUT2D eigenvalue weighted by Crippen LogP contribution is -2.30. The standard InChI is InChI=1S/C59H106O6/c1-4-7-10-13-16-19-22-25-27-29-31-34-37-40-43-46-49-52-58(61)64-55-56(54-63-57(60)51-48-45-42-39-36-33-24-21-18-15-12-9-6-3)65-59(62)53-50-47-44-41-38-35-32-30-28-26-23-20-17-14-11-8-5-2/h16-17,19-20,25-28,56H,4-15,18,21-24,29-55H2,1-3H3/b19-16-,20-17-,27-25-,28-26-/t56-/m1/s1. The van der Waals surface area contributed by atoms with E-state index >= 15 is 0 Å². The number of hydrogen-bond acceptors (Lipinski definition) is 6. The second kappa shape index (κ2) is 54.0. The molecule has 0 radical (unpaired) electrons. The Morgan fingerprint density at radius 3 is 0.877 bits per heavy atom. The number of carbonyl (C=O) groups is 3. The minimum absolute atomic E-state index is 0.0762. The summed E-state index contributed by atoms with van der Waals surface area (Å²) in [6.07, 6.45) is 65.2. The van der Waals surface area contributed by atoms with Crippen molar-refractivity contribution in [3.8, 4) is 0 Å². The van der Waals surface area contributed by atoms with Gasteiger partial charge in [-0.05, 0) is 83.5 Å². The van der Waals surface area contributed by atoms with Crippen molar-refractivity contribution in [2.75, 3.05) is 13.2 Å². The van der Waals surface area contributed by atoms with Gasteiger partial charge in [0.05, 0.1) is 0 Å². The van der Waals surface area contributed by atoms with Gasteiger partial charge in [0, 0.05) is 19.3 Å². The fraction of sp³-hybridized carbons (Fsp3) is 0.814. The van der Waals surface area contributed by atoms with Gasteiger partial charge in [0.25, 0.3) is 0 Å². The first kappa shape index (κ1) is 62.4. The van der Waals surface area contributed by atoms with Crippen molar-refractivity contribution in [2.24, 2.45) is 0 Å². The summed E-state index contributed by atoms with van der Waals surface area (Å²) >= 11 is 0. The Balaban J connectivity index is 4.38. The van der Waals surface area contributed by atoms with Crippen LogP contribution in [-0.4, -0.2) is 37.2 Å². The lowest BCUT2D eigenvalue weighted by atomic mass is 10.0. The highest BCUT2D eigenvalue weighted by molar-refractivity contribution is 5.71. The van der Waals surface area contributed by atoms with Gasteiger partial charge in [0.2, 0.25) is 0 Å². The number of hydrogen-bond donors (Lipinski definition) is 0. The molecule has 378 valence electrons. The van der Waals surface area contributed by atoms with E-state index in [1.807, 2.05) is 0 Å². The molecule has 6 nitrogen and oxygen atoms in total. The fourth-order valence-electron chi connectivity index (χ4n) is 8.03. The van der Waals surface area contributed by atoms with Crippen LogP contribution in [0, 0.1) is 0 Å². The molecule has 0 unspecified atom stereocenters. The highest BCUT2D eigenvalue weighted by Crippen LogP contribution is 2.16. The fourth-order valence-corrected chi connectivity index (χ4v) is 8.03. The molecule has 0 aromatic heterocycles. The number of unbranched alkanes of at least 4 members (excludes halogenated alkanes) is 32. The van der Waals surface area contributed by atoms with E-state index in [0.29, 0.717) is 19.3 Å². The molecule has 0 aromatic carbocycles. The Labute approximate surface area is 403 Å². The van der Waals surface area contributed by atoms with Gasteiger partial charge in [-0.2, -0.15) is 0 Å². The van der Waals surface area contributed by atoms with E-state index in [9.17, 15) is 14.4 Å². The smallest absolute Gasteiger partial charge is 0.306 e. The third-order valence-corrected chi connectivity index (χ3v) is 12.3. The summed E-state index contributed by atoms with van der Waals surface area (Å²) < 4.78 is 16.9. The molecule has 0 bridgehead atoms. The monoisotopic (exact) mass is 911 g/mol. The van der Waals surface area contributed by atoms with Crippen molar-refractivity contribution in [3.05, 3.63) is 48.6 Å². The number of esters is 3. The van der Waals surface area contributed by atoms with Crippen LogP contribution in [0.25, 0.3) is 0 Å². The lowest BCUT2D eigenvalue weighted by Gasteiger charge is -2.18. The van der Waals surface area contributed by atoms with Gasteiger partial charge in [-0.1, -0.05) is 236 Å². The van der Waals surface area contributed by atoms with Gasteiger partial charge < -0.3 is 14.2 Å². The van der Waals surface area contributed by atoms with Gasteiger partial charge in [-0.25, -0.2) is 0 Å². The third-order valence-electron chi connectivity index (χ3n) is 12.3. The van der Waals surface area contributed by atoms with Crippen LogP contribution in [0.4, 0.5) is 0 Å². The summed E-state index contributed by atoms with van der Waals surface area (Å²) in [4.78, 5) is 38.1. The van der Waals surface area contributed by atoms with Gasteiger partial charge in [0.1, 0.15) is 13.2 Å². The second-order valence-corrected chi connectivity index (χ2v) is 18.8. The van der Waals surface area contributed by atoms with Crippen LogP contribution >= 0.6 is 0 Å². The maximum atomic E-state index is 12.8. The normalized spacial score (nSPS) is 12.4. The predicted molar refractivity (Wildman–Crippen MR) is 279 cm³/mol. The Morgan fingerprint density at radius 2 is 0.554 bits per heavy atom. The molecule has 0 spiro atoms. The largest absolute Gasteiger partial charge is 0.462 e. The third kappa shape index (κ3) is 52.2. The number of allylic oxidation sites excluding steroid dienone is 8. The lowest BCUT2D eigenvalue weighted by molar-refractivity contribution is -0.167. The van der Waals surface area contributed by atoms with Crippen LogP contribution in [0.5, 0.6) is 0 Å². The van der Waals surface area contributed by atoms with Crippen LogP contribution in [0.3, 0.4) is 0 Å². The van der Waals surface area contributed by atoms with Crippen molar-refractivity contribution in [3.63, 3.8) is 0 Å². The first-order valence-corrected chi connectivity index (χ1v) is 28.1. The topological polar surface area (TPSA) is 78.9 Å². The van der Waals surface area contributed by atoms with Crippen LogP contribution in [0.1, 0.15) is 290 Å². The van der Waals surface area contributed by atoms with Gasteiger partial charge in [-0.3, -0.25) is 14.4 Å². The van der Waals surface area contributed by atoms with E-state index < -0.39 is 6.10 Å². The van der Waals surface area contributed by atoms with E-state index in [1.165, 1.54) is 167 Å². The zero-order chi connectivity index (χ0) is 47.2. The molecule has 0 aliphatic carbocycles. The molecule has 0 saturated heterocycles. The summed E-state index contributed by atoms with van der Waals surface area (Å²) in [6.45, 7) is 6.60. The Morgan fingerprint density at radius 1 is 0.308 bits per heavy atom. The van der Waals surface area contributed by atoms with Crippen molar-refractivity contribution in [2.45, 2.75) is 297 Å². The first-order valence-electron chi connectivity index (χ1n) is 28.1. The van der Waals surface area contributed by atoms with E-state index in [0.717, 1.165) is 83.5 Å². The van der Waals surface area contributed by atoms with Crippen molar-refractivity contribution >= 4 is 17.9 Å². The van der Waals surface area contributed by atoms with Gasteiger partial charge >= 0.3 is 17.9 Å². The molecule has 0 saturated carbocycles. The predicted octanol–water partition coefficient (Wildman–Crippen LogP) is 18.7. The van der Waals surface area contributed by atoms with E-state index in [-0.39, 0.29) is 31.1 Å². The SMILES string of the molecule is CCCCC/C=C\C/C=C\CCCCCCCCCC(=O)OC[C@@H](COC(=O)CCCCCCCCCCCCCCC)OC(=O)CCCCCCCCC/C=C\C/C=C\CCCCC. The van der Waals surface area contributed by atoms with Crippen LogP contribution in [0.15, 0.2) is 48.6 Å². The average molecular weight is 911 g/mol. The number of ether oxygens (including phenoxy) is 3. The molecule has 0 amide bonds. The Kier molecular flexibility index (Phi) is 51.8. The summed E-state index contributed by atoms with van der Waals surface area (Å²) in [5.74, 6) is -0.880.